The summed E-state index contributed by atoms with van der Waals surface area (Å²) in [6.07, 6.45) is 0.853. The molecule has 0 bridgehead atoms. The van der Waals surface area contributed by atoms with Crippen LogP contribution in [0.3, 0.4) is 0 Å². The molecule has 1 aliphatic heterocycles. The third-order valence-corrected chi connectivity index (χ3v) is 2.02. The molecule has 1 atom stereocenters. The van der Waals surface area contributed by atoms with Crippen LogP contribution in [-0.4, -0.2) is 19.3 Å². The van der Waals surface area contributed by atoms with Gasteiger partial charge in [0.2, 0.25) is 0 Å². The molecule has 1 aliphatic rings. The van der Waals surface area contributed by atoms with E-state index < -0.39 is 0 Å². The van der Waals surface area contributed by atoms with Crippen LogP contribution in [0.4, 0.5) is 4.39 Å². The van der Waals surface area contributed by atoms with Gasteiger partial charge in [0.1, 0.15) is 6.10 Å². The minimum atomic E-state index is -0.311. The van der Waals surface area contributed by atoms with Gasteiger partial charge in [0.25, 0.3) is 0 Å². The summed E-state index contributed by atoms with van der Waals surface area (Å²) in [5.74, 6) is 0.00685. The van der Waals surface area contributed by atoms with Crippen LogP contribution < -0.4 is 4.74 Å². The summed E-state index contributed by atoms with van der Waals surface area (Å²) in [5, 5.41) is 0. The van der Waals surface area contributed by atoms with Crippen molar-refractivity contribution in [3.8, 4) is 5.75 Å². The van der Waals surface area contributed by atoms with Crippen molar-refractivity contribution < 1.29 is 13.9 Å². The molecule has 0 saturated carbocycles. The summed E-state index contributed by atoms with van der Waals surface area (Å²) in [5.41, 5.74) is 0. The predicted octanol–water partition coefficient (Wildman–Crippen LogP) is 1.99. The number of halogens is 1. The van der Waals surface area contributed by atoms with E-state index in [1.807, 2.05) is 0 Å². The highest BCUT2D eigenvalue weighted by Gasteiger charge is 2.18. The minimum absolute atomic E-state index is 0.0110. The largest absolute Gasteiger partial charge is 0.485 e. The summed E-state index contributed by atoms with van der Waals surface area (Å²) < 4.78 is 23.6. The Morgan fingerprint density at radius 2 is 2.23 bits per heavy atom. The molecule has 2 nitrogen and oxygen atoms in total. The maximum atomic E-state index is 13.1. The minimum Gasteiger partial charge on any atom is -0.485 e. The van der Waals surface area contributed by atoms with Crippen molar-refractivity contribution in [3.05, 3.63) is 30.1 Å². The van der Waals surface area contributed by atoms with Crippen molar-refractivity contribution in [1.82, 2.24) is 0 Å². The van der Waals surface area contributed by atoms with E-state index >= 15 is 0 Å². The zero-order valence-electron chi connectivity index (χ0n) is 7.20. The molecule has 0 spiro atoms. The Bertz CT molecular complexity index is 282. The highest BCUT2D eigenvalue weighted by atomic mass is 19.1. The van der Waals surface area contributed by atoms with Gasteiger partial charge in [0, 0.05) is 6.42 Å². The van der Waals surface area contributed by atoms with Gasteiger partial charge in [-0.3, -0.25) is 0 Å². The monoisotopic (exact) mass is 182 g/mol. The van der Waals surface area contributed by atoms with E-state index in [2.05, 4.69) is 0 Å². The molecule has 70 valence electrons. The lowest BCUT2D eigenvalue weighted by molar-refractivity contribution is 0.138. The summed E-state index contributed by atoms with van der Waals surface area (Å²) in [4.78, 5) is 0. The summed E-state index contributed by atoms with van der Waals surface area (Å²) >= 11 is 0. The first-order chi connectivity index (χ1) is 6.36. The Kier molecular flexibility index (Phi) is 2.45. The van der Waals surface area contributed by atoms with Crippen molar-refractivity contribution in [1.29, 1.82) is 0 Å². The molecule has 2 rings (SSSR count). The number of ether oxygens (including phenoxy) is 2. The zero-order chi connectivity index (χ0) is 9.10. The summed E-state index contributed by atoms with van der Waals surface area (Å²) in [7, 11) is 0. The Morgan fingerprint density at radius 3 is 2.92 bits per heavy atom. The molecule has 3 heteroatoms. The van der Waals surface area contributed by atoms with Crippen LogP contribution in [0.1, 0.15) is 6.42 Å². The number of para-hydroxylation sites is 1. The van der Waals surface area contributed by atoms with Crippen molar-refractivity contribution in [2.75, 3.05) is 13.2 Å². The van der Waals surface area contributed by atoms with Crippen LogP contribution in [0, 0.1) is 5.82 Å². The molecular formula is C10H11FO2. The van der Waals surface area contributed by atoms with Gasteiger partial charge in [-0.25, -0.2) is 4.39 Å². The van der Waals surface area contributed by atoms with E-state index in [9.17, 15) is 4.39 Å². The third-order valence-electron chi connectivity index (χ3n) is 2.02. The van der Waals surface area contributed by atoms with E-state index in [0.29, 0.717) is 19.0 Å². The molecule has 0 aromatic heterocycles. The second-order valence-electron chi connectivity index (χ2n) is 3.03. The number of benzene rings is 1. The van der Waals surface area contributed by atoms with Crippen LogP contribution >= 0.6 is 0 Å². The molecule has 0 aliphatic carbocycles. The Balaban J connectivity index is 2.04. The SMILES string of the molecule is Fc1ccccc1OC1CCOC1. The molecule has 1 unspecified atom stereocenters. The standard InChI is InChI=1S/C10H11FO2/c11-9-3-1-2-4-10(9)13-8-5-6-12-7-8/h1-4,8H,5-7H2. The van der Waals surface area contributed by atoms with E-state index in [-0.39, 0.29) is 11.9 Å². The van der Waals surface area contributed by atoms with Gasteiger partial charge in [0.15, 0.2) is 11.6 Å². The van der Waals surface area contributed by atoms with Crippen molar-refractivity contribution in [2.45, 2.75) is 12.5 Å². The van der Waals surface area contributed by atoms with Crippen molar-refractivity contribution >= 4 is 0 Å². The summed E-state index contributed by atoms with van der Waals surface area (Å²) in [6.45, 7) is 1.27. The average Bonchev–Trinajstić information content (AvgIpc) is 2.61. The van der Waals surface area contributed by atoms with Crippen LogP contribution in [0.5, 0.6) is 5.75 Å². The molecule has 1 saturated heterocycles. The van der Waals surface area contributed by atoms with E-state index in [1.165, 1.54) is 6.07 Å². The van der Waals surface area contributed by atoms with E-state index in [4.69, 9.17) is 9.47 Å². The van der Waals surface area contributed by atoms with Gasteiger partial charge in [-0.2, -0.15) is 0 Å². The smallest absolute Gasteiger partial charge is 0.165 e. The zero-order valence-corrected chi connectivity index (χ0v) is 7.20. The second-order valence-corrected chi connectivity index (χ2v) is 3.03. The number of rotatable bonds is 2. The fourth-order valence-electron chi connectivity index (χ4n) is 1.33. The molecule has 1 aromatic carbocycles. The molecule has 0 amide bonds. The number of hydrogen-bond donors (Lipinski definition) is 0. The summed E-state index contributed by atoms with van der Waals surface area (Å²) in [6, 6.07) is 6.43. The lowest BCUT2D eigenvalue weighted by Crippen LogP contribution is -2.16. The van der Waals surface area contributed by atoms with Gasteiger partial charge in [-0.05, 0) is 12.1 Å². The van der Waals surface area contributed by atoms with Gasteiger partial charge >= 0.3 is 0 Å². The van der Waals surface area contributed by atoms with Crippen LogP contribution in [-0.2, 0) is 4.74 Å². The topological polar surface area (TPSA) is 18.5 Å². The second kappa shape index (κ2) is 3.75. The first-order valence-electron chi connectivity index (χ1n) is 4.35. The Hall–Kier alpha value is -1.09. The predicted molar refractivity (Wildman–Crippen MR) is 46.3 cm³/mol. The fourth-order valence-corrected chi connectivity index (χ4v) is 1.33. The highest BCUT2D eigenvalue weighted by Crippen LogP contribution is 2.19. The third kappa shape index (κ3) is 1.98. The van der Waals surface area contributed by atoms with Gasteiger partial charge < -0.3 is 9.47 Å². The molecular weight excluding hydrogens is 171 g/mol. The first kappa shape index (κ1) is 8.51. The maximum Gasteiger partial charge on any atom is 0.165 e. The average molecular weight is 182 g/mol. The molecule has 0 N–H and O–H groups in total. The van der Waals surface area contributed by atoms with Gasteiger partial charge in [0.05, 0.1) is 13.2 Å². The van der Waals surface area contributed by atoms with Crippen LogP contribution in [0.25, 0.3) is 0 Å². The normalized spacial score (nSPS) is 21.8. The van der Waals surface area contributed by atoms with Gasteiger partial charge in [-0.1, -0.05) is 12.1 Å². The molecule has 13 heavy (non-hydrogen) atoms. The van der Waals surface area contributed by atoms with Crippen molar-refractivity contribution in [3.63, 3.8) is 0 Å². The fraction of sp³-hybridized carbons (Fsp3) is 0.400. The van der Waals surface area contributed by atoms with Gasteiger partial charge in [-0.15, -0.1) is 0 Å². The lowest BCUT2D eigenvalue weighted by Gasteiger charge is -2.11. The van der Waals surface area contributed by atoms with E-state index in [0.717, 1.165) is 6.42 Å². The molecule has 1 fully saturated rings. The number of hydrogen-bond acceptors (Lipinski definition) is 2. The first-order valence-corrected chi connectivity index (χ1v) is 4.35. The quantitative estimate of drug-likeness (QED) is 0.696. The Morgan fingerprint density at radius 1 is 1.38 bits per heavy atom. The van der Waals surface area contributed by atoms with Crippen LogP contribution in [0.2, 0.25) is 0 Å². The molecule has 1 aromatic rings. The maximum absolute atomic E-state index is 13.1. The van der Waals surface area contributed by atoms with E-state index in [1.54, 1.807) is 18.2 Å². The molecule has 1 heterocycles. The lowest BCUT2D eigenvalue weighted by atomic mass is 10.3. The Labute approximate surface area is 76.3 Å². The van der Waals surface area contributed by atoms with Crippen LogP contribution in [0.15, 0.2) is 24.3 Å². The highest BCUT2D eigenvalue weighted by molar-refractivity contribution is 5.23. The van der Waals surface area contributed by atoms with Crippen molar-refractivity contribution in [2.24, 2.45) is 0 Å². The molecule has 0 radical (unpaired) electrons.